The van der Waals surface area contributed by atoms with E-state index in [0.717, 1.165) is 4.90 Å². The summed E-state index contributed by atoms with van der Waals surface area (Å²) >= 11 is 5.95. The van der Waals surface area contributed by atoms with Gasteiger partial charge in [-0.05, 0) is 35.4 Å². The number of imide groups is 1. The Balaban J connectivity index is 1.48. The third-order valence-corrected chi connectivity index (χ3v) is 7.31. The molecular formula is C27H17ClFNO5. The number of ether oxygens (including phenoxy) is 1. The fourth-order valence-electron chi connectivity index (χ4n) is 5.46. The maximum Gasteiger partial charge on any atom is 0.237 e. The van der Waals surface area contributed by atoms with E-state index in [2.05, 4.69) is 0 Å². The second-order valence-electron chi connectivity index (χ2n) is 8.92. The van der Waals surface area contributed by atoms with Crippen molar-refractivity contribution in [3.8, 4) is 0 Å². The molecule has 2 fully saturated rings. The molecule has 1 aliphatic carbocycles. The van der Waals surface area contributed by atoms with Gasteiger partial charge in [0.25, 0.3) is 0 Å². The average Bonchev–Trinajstić information content (AvgIpc) is 3.42. The number of Topliss-reactive ketones (excluding diaryl/α,β-unsaturated/α-hetero) is 2. The van der Waals surface area contributed by atoms with Gasteiger partial charge in [-0.15, -0.1) is 0 Å². The minimum absolute atomic E-state index is 0.0383. The molecule has 0 unspecified atom stereocenters. The molecule has 0 N–H and O–H groups in total. The Morgan fingerprint density at radius 3 is 2.03 bits per heavy atom. The number of halogens is 2. The van der Waals surface area contributed by atoms with Crippen LogP contribution in [0, 0.1) is 17.7 Å². The van der Waals surface area contributed by atoms with Gasteiger partial charge in [0.05, 0.1) is 24.5 Å². The summed E-state index contributed by atoms with van der Waals surface area (Å²) in [6, 6.07) is 18.3. The SMILES string of the molecule is O=C1[C@@H]2[C@@H](C(=O)N1Cc1ccc(Cl)cc1)C1(O[C@H]2c2ccc(F)cc2)C(=O)c2ccccc2C1=O. The number of benzene rings is 3. The first kappa shape index (κ1) is 21.8. The predicted octanol–water partition coefficient (Wildman–Crippen LogP) is 4.17. The summed E-state index contributed by atoms with van der Waals surface area (Å²) in [5.41, 5.74) is -0.754. The normalized spacial score (nSPS) is 24.4. The smallest absolute Gasteiger partial charge is 0.237 e. The van der Waals surface area contributed by atoms with Crippen molar-refractivity contribution in [2.75, 3.05) is 0 Å². The minimum Gasteiger partial charge on any atom is -0.349 e. The van der Waals surface area contributed by atoms with E-state index in [-0.39, 0.29) is 17.7 Å². The molecule has 2 aliphatic heterocycles. The van der Waals surface area contributed by atoms with Gasteiger partial charge in [-0.3, -0.25) is 24.1 Å². The van der Waals surface area contributed by atoms with E-state index in [1.165, 1.54) is 36.4 Å². The number of amides is 2. The van der Waals surface area contributed by atoms with Crippen molar-refractivity contribution < 1.29 is 28.3 Å². The lowest BCUT2D eigenvalue weighted by atomic mass is 9.77. The van der Waals surface area contributed by atoms with E-state index in [1.54, 1.807) is 36.4 Å². The van der Waals surface area contributed by atoms with Crippen LogP contribution in [0.2, 0.25) is 5.02 Å². The van der Waals surface area contributed by atoms with Crippen LogP contribution in [0.4, 0.5) is 4.39 Å². The van der Waals surface area contributed by atoms with Crippen LogP contribution in [0.5, 0.6) is 0 Å². The second kappa shape index (κ2) is 7.66. The number of likely N-dealkylation sites (tertiary alicyclic amines) is 1. The number of ketones is 2. The monoisotopic (exact) mass is 489 g/mol. The zero-order valence-corrected chi connectivity index (χ0v) is 18.9. The predicted molar refractivity (Wildman–Crippen MR) is 122 cm³/mol. The molecule has 0 aromatic heterocycles. The van der Waals surface area contributed by atoms with Gasteiger partial charge in [0, 0.05) is 16.1 Å². The van der Waals surface area contributed by atoms with Crippen LogP contribution in [0.3, 0.4) is 0 Å². The lowest BCUT2D eigenvalue weighted by molar-refractivity contribution is -0.145. The number of rotatable bonds is 3. The molecule has 6 rings (SSSR count). The largest absolute Gasteiger partial charge is 0.349 e. The van der Waals surface area contributed by atoms with Crippen LogP contribution in [-0.2, 0) is 20.9 Å². The van der Waals surface area contributed by atoms with Crippen LogP contribution < -0.4 is 0 Å². The topological polar surface area (TPSA) is 80.8 Å². The Kier molecular flexibility index (Phi) is 4.78. The van der Waals surface area contributed by atoms with Gasteiger partial charge in [-0.25, -0.2) is 4.39 Å². The highest BCUT2D eigenvalue weighted by atomic mass is 35.5. The molecule has 0 saturated carbocycles. The van der Waals surface area contributed by atoms with Gasteiger partial charge in [-0.2, -0.15) is 0 Å². The van der Waals surface area contributed by atoms with Gasteiger partial charge in [-0.1, -0.05) is 60.1 Å². The van der Waals surface area contributed by atoms with Crippen molar-refractivity contribution in [3.05, 3.63) is 106 Å². The van der Waals surface area contributed by atoms with Crippen molar-refractivity contribution in [2.24, 2.45) is 11.8 Å². The zero-order chi connectivity index (χ0) is 24.5. The molecule has 6 nitrogen and oxygen atoms in total. The van der Waals surface area contributed by atoms with Crippen LogP contribution >= 0.6 is 11.6 Å². The summed E-state index contributed by atoms with van der Waals surface area (Å²) in [5, 5.41) is 0.508. The van der Waals surface area contributed by atoms with Gasteiger partial charge in [0.1, 0.15) is 5.82 Å². The summed E-state index contributed by atoms with van der Waals surface area (Å²) < 4.78 is 19.8. The first-order valence-electron chi connectivity index (χ1n) is 11.0. The number of fused-ring (bicyclic) bond motifs is 3. The molecule has 2 amide bonds. The van der Waals surface area contributed by atoms with Gasteiger partial charge >= 0.3 is 0 Å². The molecule has 0 bridgehead atoms. The molecule has 0 radical (unpaired) electrons. The van der Waals surface area contributed by atoms with Crippen LogP contribution in [0.1, 0.15) is 37.9 Å². The number of hydrogen-bond acceptors (Lipinski definition) is 5. The Morgan fingerprint density at radius 2 is 1.43 bits per heavy atom. The van der Waals surface area contributed by atoms with E-state index in [9.17, 15) is 23.6 Å². The lowest BCUT2D eigenvalue weighted by Gasteiger charge is -2.27. The molecule has 3 aromatic carbocycles. The van der Waals surface area contributed by atoms with Gasteiger partial charge in [0.2, 0.25) is 29.0 Å². The third-order valence-electron chi connectivity index (χ3n) is 7.06. The van der Waals surface area contributed by atoms with Crippen molar-refractivity contribution in [3.63, 3.8) is 0 Å². The highest BCUT2D eigenvalue weighted by molar-refractivity contribution is 6.35. The van der Waals surface area contributed by atoms with E-state index in [1.807, 2.05) is 0 Å². The lowest BCUT2D eigenvalue weighted by Crippen LogP contribution is -2.50. The maximum atomic E-state index is 13.7. The summed E-state index contributed by atoms with van der Waals surface area (Å²) in [6.07, 6.45) is -1.07. The molecule has 3 atom stereocenters. The van der Waals surface area contributed by atoms with E-state index < -0.39 is 52.7 Å². The summed E-state index contributed by atoms with van der Waals surface area (Å²) in [5.74, 6) is -5.38. The fourth-order valence-corrected chi connectivity index (χ4v) is 5.58. The summed E-state index contributed by atoms with van der Waals surface area (Å²) in [6.45, 7) is -0.0383. The molecule has 1 spiro atoms. The molecule has 2 heterocycles. The van der Waals surface area contributed by atoms with Crippen LogP contribution in [-0.4, -0.2) is 33.9 Å². The van der Waals surface area contributed by atoms with Gasteiger partial charge in [0.15, 0.2) is 0 Å². The number of carbonyl (C=O) groups excluding carboxylic acids is 4. The molecule has 2 saturated heterocycles. The molecule has 3 aromatic rings. The standard InChI is InChI=1S/C27H17ClFNO5/c28-16-9-5-14(6-10-16)13-30-25(33)20-21(26(30)34)27(35-22(20)15-7-11-17(29)12-8-15)23(31)18-3-1-2-4-19(18)24(27)32/h1-12,20-22H,13H2/t20-,21+,22+/m1/s1. The van der Waals surface area contributed by atoms with Crippen LogP contribution in [0.15, 0.2) is 72.8 Å². The Labute approximate surface area is 204 Å². The maximum absolute atomic E-state index is 13.7. The first-order chi connectivity index (χ1) is 16.8. The zero-order valence-electron chi connectivity index (χ0n) is 18.1. The first-order valence-corrected chi connectivity index (χ1v) is 11.4. The fraction of sp³-hybridized carbons (Fsp3) is 0.185. The van der Waals surface area contributed by atoms with Crippen molar-refractivity contribution >= 4 is 35.0 Å². The Hall–Kier alpha value is -3.68. The highest BCUT2D eigenvalue weighted by Crippen LogP contribution is 2.57. The van der Waals surface area contributed by atoms with Crippen molar-refractivity contribution in [2.45, 2.75) is 18.2 Å². The Bertz CT molecular complexity index is 1380. The van der Waals surface area contributed by atoms with Gasteiger partial charge < -0.3 is 4.74 Å². The average molecular weight is 490 g/mol. The van der Waals surface area contributed by atoms with Crippen molar-refractivity contribution in [1.82, 2.24) is 4.90 Å². The van der Waals surface area contributed by atoms with E-state index >= 15 is 0 Å². The molecule has 3 aliphatic rings. The van der Waals surface area contributed by atoms with E-state index in [4.69, 9.17) is 16.3 Å². The summed E-state index contributed by atoms with van der Waals surface area (Å²) in [7, 11) is 0. The molecular weight excluding hydrogens is 473 g/mol. The second-order valence-corrected chi connectivity index (χ2v) is 9.36. The third kappa shape index (κ3) is 2.98. The summed E-state index contributed by atoms with van der Waals surface area (Å²) in [4.78, 5) is 55.8. The van der Waals surface area contributed by atoms with Crippen LogP contribution in [0.25, 0.3) is 0 Å². The van der Waals surface area contributed by atoms with Crippen molar-refractivity contribution in [1.29, 1.82) is 0 Å². The quantitative estimate of drug-likeness (QED) is 0.407. The number of carbonyl (C=O) groups is 4. The number of hydrogen-bond donors (Lipinski definition) is 0. The molecule has 174 valence electrons. The Morgan fingerprint density at radius 1 is 0.829 bits per heavy atom. The highest BCUT2D eigenvalue weighted by Gasteiger charge is 2.74. The molecule has 8 heteroatoms. The van der Waals surface area contributed by atoms with E-state index in [0.29, 0.717) is 16.1 Å². The number of nitrogens with zero attached hydrogens (tertiary/aromatic N) is 1. The minimum atomic E-state index is -2.14. The molecule has 35 heavy (non-hydrogen) atoms.